The molecule has 5 nitrogen and oxygen atoms in total. The standard InChI is InChI=1S/C25H33N3O2/c1-27-15-17-28(18-16-27)22-12-10-21(11-13-22)26-25(29)14-9-20-5-4-8-24(19-20)30-23-6-2-3-7-23/h4-5,8,10-13,19,23H,2-3,6-7,9,14-18H2,1H3,(H,26,29). The van der Waals surface area contributed by atoms with Crippen LogP contribution in [0.2, 0.25) is 0 Å². The molecule has 1 saturated carbocycles. The molecule has 1 aliphatic heterocycles. The summed E-state index contributed by atoms with van der Waals surface area (Å²) in [6, 6.07) is 16.4. The minimum Gasteiger partial charge on any atom is -0.490 e. The molecule has 0 bridgehead atoms. The highest BCUT2D eigenvalue weighted by atomic mass is 16.5. The second-order valence-electron chi connectivity index (χ2n) is 8.56. The molecule has 1 N–H and O–H groups in total. The first-order valence-corrected chi connectivity index (χ1v) is 11.2. The minimum absolute atomic E-state index is 0.0458. The fourth-order valence-corrected chi connectivity index (χ4v) is 4.27. The van der Waals surface area contributed by atoms with Gasteiger partial charge in [-0.3, -0.25) is 4.79 Å². The van der Waals surface area contributed by atoms with Crippen molar-refractivity contribution in [3.63, 3.8) is 0 Å². The van der Waals surface area contributed by atoms with Gasteiger partial charge < -0.3 is 19.9 Å². The fraction of sp³-hybridized carbons (Fsp3) is 0.480. The molecule has 4 rings (SSSR count). The van der Waals surface area contributed by atoms with Gasteiger partial charge in [0.05, 0.1) is 6.10 Å². The quantitative estimate of drug-likeness (QED) is 0.742. The third-order valence-corrected chi connectivity index (χ3v) is 6.16. The van der Waals surface area contributed by atoms with E-state index in [1.807, 2.05) is 24.3 Å². The van der Waals surface area contributed by atoms with Crippen LogP contribution in [0.4, 0.5) is 11.4 Å². The van der Waals surface area contributed by atoms with Crippen LogP contribution >= 0.6 is 0 Å². The molecule has 2 fully saturated rings. The number of benzene rings is 2. The van der Waals surface area contributed by atoms with Crippen LogP contribution in [0.1, 0.15) is 37.7 Å². The van der Waals surface area contributed by atoms with Gasteiger partial charge in [0.1, 0.15) is 5.75 Å². The van der Waals surface area contributed by atoms with Gasteiger partial charge >= 0.3 is 0 Å². The highest BCUT2D eigenvalue weighted by molar-refractivity contribution is 5.91. The van der Waals surface area contributed by atoms with E-state index in [2.05, 4.69) is 46.4 Å². The first-order valence-electron chi connectivity index (χ1n) is 11.2. The van der Waals surface area contributed by atoms with Crippen molar-refractivity contribution in [3.05, 3.63) is 54.1 Å². The Kier molecular flexibility index (Phi) is 6.90. The normalized spacial score (nSPS) is 17.8. The number of nitrogens with zero attached hydrogens (tertiary/aromatic N) is 2. The van der Waals surface area contributed by atoms with E-state index in [1.54, 1.807) is 0 Å². The summed E-state index contributed by atoms with van der Waals surface area (Å²) in [6.45, 7) is 4.27. The smallest absolute Gasteiger partial charge is 0.224 e. The van der Waals surface area contributed by atoms with Crippen LogP contribution in [-0.4, -0.2) is 50.1 Å². The molecule has 1 saturated heterocycles. The molecule has 5 heteroatoms. The third kappa shape index (κ3) is 5.76. The summed E-state index contributed by atoms with van der Waals surface area (Å²) in [5.74, 6) is 0.976. The van der Waals surface area contributed by atoms with E-state index < -0.39 is 0 Å². The van der Waals surface area contributed by atoms with Crippen LogP contribution in [0.5, 0.6) is 5.75 Å². The number of ether oxygens (including phenoxy) is 1. The maximum Gasteiger partial charge on any atom is 0.224 e. The lowest BCUT2D eigenvalue weighted by Crippen LogP contribution is -2.44. The van der Waals surface area contributed by atoms with Crippen LogP contribution < -0.4 is 15.0 Å². The molecule has 30 heavy (non-hydrogen) atoms. The Balaban J connectivity index is 1.24. The topological polar surface area (TPSA) is 44.8 Å². The Bertz CT molecular complexity index is 823. The number of rotatable bonds is 7. The summed E-state index contributed by atoms with van der Waals surface area (Å²) in [4.78, 5) is 17.2. The summed E-state index contributed by atoms with van der Waals surface area (Å²) in [6.07, 6.45) is 6.37. The Labute approximate surface area is 180 Å². The van der Waals surface area contributed by atoms with Crippen LogP contribution in [0.25, 0.3) is 0 Å². The second-order valence-corrected chi connectivity index (χ2v) is 8.56. The summed E-state index contributed by atoms with van der Waals surface area (Å²) in [5.41, 5.74) is 3.22. The molecular weight excluding hydrogens is 374 g/mol. The molecule has 2 aromatic carbocycles. The largest absolute Gasteiger partial charge is 0.490 e. The SMILES string of the molecule is CN1CCN(c2ccc(NC(=O)CCc3cccc(OC4CCCC4)c3)cc2)CC1. The number of amides is 1. The van der Waals surface area contributed by atoms with Gasteiger partial charge in [0, 0.05) is 44.0 Å². The molecule has 0 aromatic heterocycles. The molecule has 0 radical (unpaired) electrons. The average Bonchev–Trinajstić information content (AvgIpc) is 3.27. The fourth-order valence-electron chi connectivity index (χ4n) is 4.27. The predicted octanol–water partition coefficient (Wildman–Crippen LogP) is 4.33. The van der Waals surface area contributed by atoms with E-state index in [4.69, 9.17) is 4.74 Å². The Morgan fingerprint density at radius 3 is 2.50 bits per heavy atom. The van der Waals surface area contributed by atoms with Gasteiger partial charge in [0.15, 0.2) is 0 Å². The van der Waals surface area contributed by atoms with Crippen molar-refractivity contribution in [3.8, 4) is 5.75 Å². The van der Waals surface area contributed by atoms with Gasteiger partial charge in [0.25, 0.3) is 0 Å². The van der Waals surface area contributed by atoms with Crippen molar-refractivity contribution in [2.45, 2.75) is 44.6 Å². The summed E-state index contributed by atoms with van der Waals surface area (Å²) >= 11 is 0. The van der Waals surface area contributed by atoms with Crippen LogP contribution in [0.15, 0.2) is 48.5 Å². The molecule has 2 aliphatic rings. The Hall–Kier alpha value is -2.53. The maximum atomic E-state index is 12.4. The highest BCUT2D eigenvalue weighted by Crippen LogP contribution is 2.25. The molecule has 2 aromatic rings. The Morgan fingerprint density at radius 1 is 1.03 bits per heavy atom. The van der Waals surface area contributed by atoms with Crippen molar-refractivity contribution in [1.82, 2.24) is 4.90 Å². The van der Waals surface area contributed by atoms with Crippen molar-refractivity contribution in [1.29, 1.82) is 0 Å². The maximum absolute atomic E-state index is 12.4. The predicted molar refractivity (Wildman–Crippen MR) is 122 cm³/mol. The summed E-state index contributed by atoms with van der Waals surface area (Å²) in [5, 5.41) is 3.03. The van der Waals surface area contributed by atoms with Gasteiger partial charge in [-0.15, -0.1) is 0 Å². The molecule has 0 atom stereocenters. The van der Waals surface area contributed by atoms with Crippen molar-refractivity contribution >= 4 is 17.3 Å². The summed E-state index contributed by atoms with van der Waals surface area (Å²) in [7, 11) is 2.16. The number of likely N-dealkylation sites (N-methyl/N-ethyl adjacent to an activating group) is 1. The van der Waals surface area contributed by atoms with Crippen LogP contribution in [0, 0.1) is 0 Å². The zero-order valence-corrected chi connectivity index (χ0v) is 18.0. The number of piperazine rings is 1. The van der Waals surface area contributed by atoms with Crippen molar-refractivity contribution < 1.29 is 9.53 Å². The number of nitrogens with one attached hydrogen (secondary N) is 1. The second kappa shape index (κ2) is 9.98. The van der Waals surface area contributed by atoms with E-state index in [9.17, 15) is 4.79 Å². The van der Waals surface area contributed by atoms with Crippen molar-refractivity contribution in [2.75, 3.05) is 43.4 Å². The molecule has 1 aliphatic carbocycles. The van der Waals surface area contributed by atoms with Gasteiger partial charge in [-0.1, -0.05) is 12.1 Å². The monoisotopic (exact) mass is 407 g/mol. The van der Waals surface area contributed by atoms with Crippen LogP contribution in [-0.2, 0) is 11.2 Å². The Morgan fingerprint density at radius 2 is 1.77 bits per heavy atom. The number of hydrogen-bond acceptors (Lipinski definition) is 4. The molecule has 0 spiro atoms. The average molecular weight is 408 g/mol. The van der Waals surface area contributed by atoms with E-state index in [-0.39, 0.29) is 5.91 Å². The first kappa shape index (κ1) is 20.7. The minimum atomic E-state index is 0.0458. The van der Waals surface area contributed by atoms with E-state index in [1.165, 1.54) is 18.5 Å². The molecule has 1 amide bonds. The van der Waals surface area contributed by atoms with Gasteiger partial charge in [-0.2, -0.15) is 0 Å². The number of hydrogen-bond donors (Lipinski definition) is 1. The highest BCUT2D eigenvalue weighted by Gasteiger charge is 2.17. The number of carbonyl (C=O) groups excluding carboxylic acids is 1. The van der Waals surface area contributed by atoms with Gasteiger partial charge in [-0.25, -0.2) is 0 Å². The molecule has 0 unspecified atom stereocenters. The molecular formula is C25H33N3O2. The zero-order valence-electron chi connectivity index (χ0n) is 18.0. The lowest BCUT2D eigenvalue weighted by atomic mass is 10.1. The lowest BCUT2D eigenvalue weighted by molar-refractivity contribution is -0.116. The van der Waals surface area contributed by atoms with Gasteiger partial charge in [0.2, 0.25) is 5.91 Å². The van der Waals surface area contributed by atoms with Crippen LogP contribution in [0.3, 0.4) is 0 Å². The van der Waals surface area contributed by atoms with E-state index in [0.29, 0.717) is 18.9 Å². The number of anilines is 2. The molecule has 1 heterocycles. The zero-order chi connectivity index (χ0) is 20.8. The first-order chi connectivity index (χ1) is 14.7. The van der Waals surface area contributed by atoms with E-state index in [0.717, 1.165) is 56.0 Å². The molecule has 160 valence electrons. The third-order valence-electron chi connectivity index (χ3n) is 6.16. The van der Waals surface area contributed by atoms with Crippen molar-refractivity contribution in [2.24, 2.45) is 0 Å². The van der Waals surface area contributed by atoms with Gasteiger partial charge in [-0.05, 0) is 81.1 Å². The number of carbonyl (C=O) groups is 1. The lowest BCUT2D eigenvalue weighted by Gasteiger charge is -2.34. The summed E-state index contributed by atoms with van der Waals surface area (Å²) < 4.78 is 6.08. The number of aryl methyl sites for hydroxylation is 1. The van der Waals surface area contributed by atoms with E-state index >= 15 is 0 Å².